The lowest BCUT2D eigenvalue weighted by Crippen LogP contribution is -2.25. The van der Waals surface area contributed by atoms with Gasteiger partial charge in [-0.25, -0.2) is 13.1 Å². The summed E-state index contributed by atoms with van der Waals surface area (Å²) in [4.78, 5) is 9.78. The molecule has 0 saturated carbocycles. The number of nitro groups is 1. The number of allylic oxidation sites excluding steroid dienone is 1. The Morgan fingerprint density at radius 1 is 1.32 bits per heavy atom. The van der Waals surface area contributed by atoms with Crippen LogP contribution in [0.1, 0.15) is 19.8 Å². The summed E-state index contributed by atoms with van der Waals surface area (Å²) in [6.45, 7) is 2.19. The van der Waals surface area contributed by atoms with Gasteiger partial charge in [0.05, 0.1) is 4.92 Å². The SMILES string of the molecule is CC/C=C/CCNS(=O)(=O)c1ccccc1[N+](=O)[O-]. The van der Waals surface area contributed by atoms with Gasteiger partial charge in [-0.3, -0.25) is 10.1 Å². The first-order valence-electron chi connectivity index (χ1n) is 5.87. The standard InChI is InChI=1S/C12H16N2O4S/c1-2-3-4-7-10-13-19(17,18)12-9-6-5-8-11(12)14(15)16/h3-6,8-9,13H,2,7,10H2,1H3/b4-3+. The minimum Gasteiger partial charge on any atom is -0.258 e. The molecule has 0 amide bonds. The van der Waals surface area contributed by atoms with Crippen LogP contribution in [0.3, 0.4) is 0 Å². The van der Waals surface area contributed by atoms with E-state index in [0.717, 1.165) is 6.42 Å². The van der Waals surface area contributed by atoms with E-state index in [9.17, 15) is 18.5 Å². The van der Waals surface area contributed by atoms with Gasteiger partial charge in [-0.1, -0.05) is 31.2 Å². The Hall–Kier alpha value is -1.73. The van der Waals surface area contributed by atoms with Crippen LogP contribution in [0.5, 0.6) is 0 Å². The van der Waals surface area contributed by atoms with Crippen molar-refractivity contribution in [1.82, 2.24) is 4.72 Å². The predicted molar refractivity (Wildman–Crippen MR) is 72.3 cm³/mol. The van der Waals surface area contributed by atoms with Crippen LogP contribution in [0.25, 0.3) is 0 Å². The number of nitrogens with one attached hydrogen (secondary N) is 1. The van der Waals surface area contributed by atoms with Crippen LogP contribution in [0.2, 0.25) is 0 Å². The maximum atomic E-state index is 12.0. The highest BCUT2D eigenvalue weighted by molar-refractivity contribution is 7.89. The van der Waals surface area contributed by atoms with Gasteiger partial charge in [0.15, 0.2) is 4.90 Å². The van der Waals surface area contributed by atoms with Crippen LogP contribution in [0.4, 0.5) is 5.69 Å². The van der Waals surface area contributed by atoms with Gasteiger partial charge in [-0.15, -0.1) is 0 Å². The lowest BCUT2D eigenvalue weighted by atomic mass is 10.3. The fourth-order valence-corrected chi connectivity index (χ4v) is 2.69. The van der Waals surface area contributed by atoms with Gasteiger partial charge in [0, 0.05) is 12.6 Å². The second-order valence-electron chi connectivity index (χ2n) is 3.79. The van der Waals surface area contributed by atoms with Crippen molar-refractivity contribution in [2.75, 3.05) is 6.54 Å². The largest absolute Gasteiger partial charge is 0.289 e. The zero-order valence-corrected chi connectivity index (χ0v) is 11.4. The summed E-state index contributed by atoms with van der Waals surface area (Å²) in [7, 11) is -3.85. The molecule has 104 valence electrons. The van der Waals surface area contributed by atoms with E-state index in [0.29, 0.717) is 6.42 Å². The summed E-state index contributed by atoms with van der Waals surface area (Å²) in [6.07, 6.45) is 5.23. The number of benzene rings is 1. The lowest BCUT2D eigenvalue weighted by molar-refractivity contribution is -0.387. The highest BCUT2D eigenvalue weighted by Crippen LogP contribution is 2.22. The maximum absolute atomic E-state index is 12.0. The third kappa shape index (κ3) is 4.46. The monoisotopic (exact) mass is 284 g/mol. The third-order valence-electron chi connectivity index (χ3n) is 2.36. The van der Waals surface area contributed by atoms with Crippen LogP contribution in [-0.2, 0) is 10.0 Å². The highest BCUT2D eigenvalue weighted by Gasteiger charge is 2.24. The van der Waals surface area contributed by atoms with Crippen LogP contribution >= 0.6 is 0 Å². The van der Waals surface area contributed by atoms with Crippen molar-refractivity contribution in [1.29, 1.82) is 0 Å². The second kappa shape index (κ2) is 7.01. The number of nitrogens with zero attached hydrogens (tertiary/aromatic N) is 1. The molecular formula is C12H16N2O4S. The molecule has 1 N–H and O–H groups in total. The number of nitro benzene ring substituents is 1. The Labute approximate surface area is 112 Å². The van der Waals surface area contributed by atoms with Gasteiger partial charge in [0.2, 0.25) is 10.0 Å². The molecule has 7 heteroatoms. The van der Waals surface area contributed by atoms with Crippen LogP contribution in [-0.4, -0.2) is 19.9 Å². The first kappa shape index (κ1) is 15.3. The zero-order chi connectivity index (χ0) is 14.3. The molecule has 0 aliphatic heterocycles. The molecule has 1 aromatic rings. The Balaban J connectivity index is 2.83. The quantitative estimate of drug-likeness (QED) is 0.360. The Morgan fingerprint density at radius 2 is 2.00 bits per heavy atom. The molecule has 0 saturated heterocycles. The Bertz CT molecular complexity index is 567. The molecule has 6 nitrogen and oxygen atoms in total. The van der Waals surface area contributed by atoms with Gasteiger partial charge in [0.25, 0.3) is 5.69 Å². The van der Waals surface area contributed by atoms with Crippen molar-refractivity contribution in [3.8, 4) is 0 Å². The van der Waals surface area contributed by atoms with E-state index in [1.165, 1.54) is 24.3 Å². The van der Waals surface area contributed by atoms with Crippen LogP contribution in [0, 0.1) is 10.1 Å². The fraction of sp³-hybridized carbons (Fsp3) is 0.333. The molecule has 0 aromatic heterocycles. The predicted octanol–water partition coefficient (Wildman–Crippen LogP) is 2.23. The molecule has 1 rings (SSSR count). The van der Waals surface area contributed by atoms with Crippen molar-refractivity contribution >= 4 is 15.7 Å². The van der Waals surface area contributed by atoms with E-state index >= 15 is 0 Å². The Kier molecular flexibility index (Phi) is 5.65. The van der Waals surface area contributed by atoms with Crippen molar-refractivity contribution < 1.29 is 13.3 Å². The van der Waals surface area contributed by atoms with E-state index in [2.05, 4.69) is 4.72 Å². The van der Waals surface area contributed by atoms with Gasteiger partial charge < -0.3 is 0 Å². The molecule has 0 fully saturated rings. The number of hydrogen-bond acceptors (Lipinski definition) is 4. The number of sulfonamides is 1. The van der Waals surface area contributed by atoms with E-state index < -0.39 is 20.6 Å². The van der Waals surface area contributed by atoms with Crippen LogP contribution < -0.4 is 4.72 Å². The van der Waals surface area contributed by atoms with Gasteiger partial charge in [-0.05, 0) is 18.9 Å². The van der Waals surface area contributed by atoms with E-state index in [1.807, 2.05) is 19.1 Å². The molecule has 0 radical (unpaired) electrons. The van der Waals surface area contributed by atoms with Crippen molar-refractivity contribution in [3.05, 3.63) is 46.5 Å². The summed E-state index contributed by atoms with van der Waals surface area (Å²) in [6, 6.07) is 5.29. The summed E-state index contributed by atoms with van der Waals surface area (Å²) in [5.41, 5.74) is -0.417. The van der Waals surface area contributed by atoms with Crippen LogP contribution in [0.15, 0.2) is 41.3 Å². The summed E-state index contributed by atoms with van der Waals surface area (Å²) < 4.78 is 26.2. The average molecular weight is 284 g/mol. The number of hydrogen-bond donors (Lipinski definition) is 1. The molecule has 0 unspecified atom stereocenters. The zero-order valence-electron chi connectivity index (χ0n) is 10.6. The average Bonchev–Trinajstić information content (AvgIpc) is 2.38. The first-order chi connectivity index (χ1) is 8.99. The lowest BCUT2D eigenvalue weighted by Gasteiger charge is -2.05. The van der Waals surface area contributed by atoms with E-state index in [1.54, 1.807) is 0 Å². The van der Waals surface area contributed by atoms with E-state index in [4.69, 9.17) is 0 Å². The number of rotatable bonds is 7. The summed E-state index contributed by atoms with van der Waals surface area (Å²) in [5.74, 6) is 0. The molecule has 0 bridgehead atoms. The minimum absolute atomic E-state index is 0.213. The van der Waals surface area contributed by atoms with Crippen molar-refractivity contribution in [2.24, 2.45) is 0 Å². The van der Waals surface area contributed by atoms with Crippen molar-refractivity contribution in [3.63, 3.8) is 0 Å². The Morgan fingerprint density at radius 3 is 2.63 bits per heavy atom. The number of para-hydroxylation sites is 1. The summed E-state index contributed by atoms with van der Waals surface area (Å²) >= 11 is 0. The molecule has 0 atom stereocenters. The molecule has 0 spiro atoms. The van der Waals surface area contributed by atoms with E-state index in [-0.39, 0.29) is 11.4 Å². The van der Waals surface area contributed by atoms with Gasteiger partial charge in [0.1, 0.15) is 0 Å². The molecule has 0 aliphatic carbocycles. The molecular weight excluding hydrogens is 268 g/mol. The van der Waals surface area contributed by atoms with Gasteiger partial charge in [-0.2, -0.15) is 0 Å². The topological polar surface area (TPSA) is 89.3 Å². The molecule has 0 aliphatic rings. The highest BCUT2D eigenvalue weighted by atomic mass is 32.2. The normalized spacial score (nSPS) is 11.8. The maximum Gasteiger partial charge on any atom is 0.289 e. The molecule has 1 aromatic carbocycles. The minimum atomic E-state index is -3.85. The molecule has 19 heavy (non-hydrogen) atoms. The second-order valence-corrected chi connectivity index (χ2v) is 5.53. The first-order valence-corrected chi connectivity index (χ1v) is 7.35. The van der Waals surface area contributed by atoms with Gasteiger partial charge >= 0.3 is 0 Å². The molecule has 0 heterocycles. The smallest absolute Gasteiger partial charge is 0.258 e. The summed E-state index contributed by atoms with van der Waals surface area (Å²) in [5, 5.41) is 10.8. The third-order valence-corrected chi connectivity index (χ3v) is 3.87. The fourth-order valence-electron chi connectivity index (χ4n) is 1.47. The van der Waals surface area contributed by atoms with Crippen molar-refractivity contribution in [2.45, 2.75) is 24.7 Å².